The van der Waals surface area contributed by atoms with Gasteiger partial charge in [0.2, 0.25) is 5.91 Å². The van der Waals surface area contributed by atoms with Crippen molar-refractivity contribution < 1.29 is 4.79 Å². The molecule has 28 heavy (non-hydrogen) atoms. The molecule has 0 aromatic heterocycles. The summed E-state index contributed by atoms with van der Waals surface area (Å²) in [6.45, 7) is 4.79. The van der Waals surface area contributed by atoms with Gasteiger partial charge < -0.3 is 9.80 Å². The molecule has 0 spiro atoms. The van der Waals surface area contributed by atoms with Crippen LogP contribution in [0.15, 0.2) is 18.2 Å². The number of hydrogen-bond acceptors (Lipinski definition) is 3. The zero-order valence-electron chi connectivity index (χ0n) is 17.0. The Morgan fingerprint density at radius 3 is 2.75 bits per heavy atom. The number of halogens is 1. The Labute approximate surface area is 174 Å². The summed E-state index contributed by atoms with van der Waals surface area (Å²) in [5.74, 6) is 0.993. The first-order chi connectivity index (χ1) is 13.6. The van der Waals surface area contributed by atoms with Crippen LogP contribution in [-0.4, -0.2) is 36.5 Å². The van der Waals surface area contributed by atoms with Crippen molar-refractivity contribution >= 4 is 23.2 Å². The van der Waals surface area contributed by atoms with E-state index in [-0.39, 0.29) is 0 Å². The van der Waals surface area contributed by atoms with E-state index in [1.807, 2.05) is 23.1 Å². The maximum absolute atomic E-state index is 12.5. The largest absolute Gasteiger partial charge is 0.366 e. The van der Waals surface area contributed by atoms with E-state index in [0.29, 0.717) is 34.9 Å². The maximum atomic E-state index is 12.5. The van der Waals surface area contributed by atoms with Crippen molar-refractivity contribution in [3.05, 3.63) is 28.8 Å². The Morgan fingerprint density at radius 2 is 2.07 bits per heavy atom. The number of likely N-dealkylation sites (tertiary alicyclic amines) is 1. The number of unbranched alkanes of at least 4 members (excludes halogenated alkanes) is 1. The van der Waals surface area contributed by atoms with Crippen LogP contribution >= 0.6 is 11.6 Å². The average Bonchev–Trinajstić information content (AvgIpc) is 3.21. The third-order valence-electron chi connectivity index (χ3n) is 6.29. The van der Waals surface area contributed by atoms with Gasteiger partial charge in [-0.05, 0) is 49.8 Å². The minimum atomic E-state index is 0.292. The fourth-order valence-electron chi connectivity index (χ4n) is 4.60. The van der Waals surface area contributed by atoms with Crippen LogP contribution in [0.1, 0.15) is 70.3 Å². The predicted octanol–water partition coefficient (Wildman–Crippen LogP) is 5.39. The number of rotatable bonds is 7. The second kappa shape index (κ2) is 10.2. The molecule has 1 amide bonds. The van der Waals surface area contributed by atoms with Crippen molar-refractivity contribution in [2.75, 3.05) is 24.5 Å². The van der Waals surface area contributed by atoms with Gasteiger partial charge in [0.25, 0.3) is 0 Å². The number of nitrogens with zero attached hydrogens (tertiary/aromatic N) is 3. The summed E-state index contributed by atoms with van der Waals surface area (Å²) < 4.78 is 0. The van der Waals surface area contributed by atoms with Gasteiger partial charge >= 0.3 is 0 Å². The lowest BCUT2D eigenvalue weighted by molar-refractivity contribution is -0.130. The fourth-order valence-corrected chi connectivity index (χ4v) is 4.81. The highest BCUT2D eigenvalue weighted by Crippen LogP contribution is 2.32. The topological polar surface area (TPSA) is 47.3 Å². The van der Waals surface area contributed by atoms with Crippen LogP contribution in [0, 0.1) is 17.2 Å². The summed E-state index contributed by atoms with van der Waals surface area (Å²) in [4.78, 5) is 17.0. The van der Waals surface area contributed by atoms with Crippen LogP contribution in [0.5, 0.6) is 0 Å². The molecule has 1 saturated heterocycles. The van der Waals surface area contributed by atoms with Gasteiger partial charge in [0.05, 0.1) is 10.6 Å². The Kier molecular flexibility index (Phi) is 7.62. The lowest BCUT2D eigenvalue weighted by Gasteiger charge is -2.36. The van der Waals surface area contributed by atoms with Crippen molar-refractivity contribution in [2.24, 2.45) is 5.92 Å². The maximum Gasteiger partial charge on any atom is 0.222 e. The van der Waals surface area contributed by atoms with Crippen molar-refractivity contribution in [1.29, 1.82) is 5.26 Å². The van der Waals surface area contributed by atoms with E-state index in [0.717, 1.165) is 44.6 Å². The van der Waals surface area contributed by atoms with Gasteiger partial charge in [0.1, 0.15) is 6.07 Å². The highest BCUT2D eigenvalue weighted by atomic mass is 35.5. The van der Waals surface area contributed by atoms with Crippen LogP contribution in [-0.2, 0) is 4.79 Å². The molecule has 2 aliphatic rings. The van der Waals surface area contributed by atoms with Gasteiger partial charge in [0.15, 0.2) is 0 Å². The SMILES string of the molecule is CCCCC(=O)N1CC[C@H](N(CC2CCCCC2)c2ccc(C#N)c(Cl)c2)C1. The molecule has 1 aliphatic carbocycles. The first-order valence-corrected chi connectivity index (χ1v) is 11.2. The van der Waals surface area contributed by atoms with Gasteiger partial charge in [-0.3, -0.25) is 4.79 Å². The third-order valence-corrected chi connectivity index (χ3v) is 6.60. The predicted molar refractivity (Wildman–Crippen MR) is 115 cm³/mol. The van der Waals surface area contributed by atoms with Gasteiger partial charge in [-0.25, -0.2) is 0 Å². The minimum Gasteiger partial charge on any atom is -0.366 e. The molecule has 0 N–H and O–H groups in total. The number of amides is 1. The molecule has 1 atom stereocenters. The molecule has 0 radical (unpaired) electrons. The smallest absolute Gasteiger partial charge is 0.222 e. The van der Waals surface area contributed by atoms with Gasteiger partial charge in [-0.15, -0.1) is 0 Å². The molecule has 2 fully saturated rings. The lowest BCUT2D eigenvalue weighted by Crippen LogP contribution is -2.42. The van der Waals surface area contributed by atoms with Gasteiger partial charge in [-0.2, -0.15) is 5.26 Å². The molecule has 5 heteroatoms. The summed E-state index contributed by atoms with van der Waals surface area (Å²) in [5, 5.41) is 9.71. The van der Waals surface area contributed by atoms with Gasteiger partial charge in [-0.1, -0.05) is 44.2 Å². The van der Waals surface area contributed by atoms with Crippen LogP contribution in [0.2, 0.25) is 5.02 Å². The van der Waals surface area contributed by atoms with Crippen LogP contribution in [0.25, 0.3) is 0 Å². The summed E-state index contributed by atoms with van der Waals surface area (Å²) in [7, 11) is 0. The van der Waals surface area contributed by atoms with Gasteiger partial charge in [0, 0.05) is 37.8 Å². The zero-order chi connectivity index (χ0) is 19.9. The summed E-state index contributed by atoms with van der Waals surface area (Å²) >= 11 is 6.35. The average molecular weight is 402 g/mol. The van der Waals surface area contributed by atoms with Crippen molar-refractivity contribution in [2.45, 2.75) is 70.8 Å². The monoisotopic (exact) mass is 401 g/mol. The quantitative estimate of drug-likeness (QED) is 0.615. The second-order valence-electron chi connectivity index (χ2n) is 8.32. The first-order valence-electron chi connectivity index (χ1n) is 10.9. The standard InChI is InChI=1S/C23H32ClN3O/c1-2-3-9-23(28)26-13-12-21(17-26)27(16-18-7-5-4-6-8-18)20-11-10-19(15-25)22(24)14-20/h10-11,14,18,21H,2-9,12-13,16-17H2,1H3/t21-/m0/s1. The molecule has 0 unspecified atom stereocenters. The molecular weight excluding hydrogens is 370 g/mol. The van der Waals surface area contributed by atoms with E-state index in [1.54, 1.807) is 0 Å². The number of hydrogen-bond donors (Lipinski definition) is 0. The highest BCUT2D eigenvalue weighted by Gasteiger charge is 2.32. The molecule has 1 saturated carbocycles. The summed E-state index contributed by atoms with van der Waals surface area (Å²) in [6, 6.07) is 8.26. The molecule has 1 aromatic rings. The molecule has 152 valence electrons. The minimum absolute atomic E-state index is 0.292. The normalized spacial score (nSPS) is 20.2. The van der Waals surface area contributed by atoms with E-state index in [1.165, 1.54) is 32.1 Å². The van der Waals surface area contributed by atoms with E-state index < -0.39 is 0 Å². The van der Waals surface area contributed by atoms with E-state index in [9.17, 15) is 10.1 Å². The molecule has 3 rings (SSSR count). The van der Waals surface area contributed by atoms with Crippen LogP contribution in [0.3, 0.4) is 0 Å². The van der Waals surface area contributed by atoms with Crippen LogP contribution in [0.4, 0.5) is 5.69 Å². The van der Waals surface area contributed by atoms with Crippen molar-refractivity contribution in [1.82, 2.24) is 4.90 Å². The molecule has 1 aliphatic heterocycles. The van der Waals surface area contributed by atoms with Crippen LogP contribution < -0.4 is 4.90 Å². The van der Waals surface area contributed by atoms with Crippen molar-refractivity contribution in [3.8, 4) is 6.07 Å². The highest BCUT2D eigenvalue weighted by molar-refractivity contribution is 6.32. The summed E-state index contributed by atoms with van der Waals surface area (Å²) in [5.41, 5.74) is 1.60. The number of benzene rings is 1. The Morgan fingerprint density at radius 1 is 1.29 bits per heavy atom. The first kappa shape index (κ1) is 21.0. The second-order valence-corrected chi connectivity index (χ2v) is 8.73. The Bertz CT molecular complexity index is 708. The van der Waals surface area contributed by atoms with E-state index in [4.69, 9.17) is 11.6 Å². The van der Waals surface area contributed by atoms with E-state index >= 15 is 0 Å². The zero-order valence-corrected chi connectivity index (χ0v) is 17.8. The number of nitriles is 1. The number of carbonyl (C=O) groups excluding carboxylic acids is 1. The molecule has 4 nitrogen and oxygen atoms in total. The Hall–Kier alpha value is -1.73. The fraction of sp³-hybridized carbons (Fsp3) is 0.652. The molecule has 1 heterocycles. The molecular formula is C23H32ClN3O. The summed E-state index contributed by atoms with van der Waals surface area (Å²) in [6.07, 6.45) is 10.2. The van der Waals surface area contributed by atoms with E-state index in [2.05, 4.69) is 17.9 Å². The molecule has 1 aromatic carbocycles. The number of anilines is 1. The third kappa shape index (κ3) is 5.20. The molecule has 0 bridgehead atoms. The Balaban J connectivity index is 1.75. The lowest BCUT2D eigenvalue weighted by atomic mass is 9.88. The van der Waals surface area contributed by atoms with Crippen molar-refractivity contribution in [3.63, 3.8) is 0 Å². The number of carbonyl (C=O) groups is 1.